The van der Waals surface area contributed by atoms with Crippen LogP contribution in [-0.4, -0.2) is 91.8 Å². The van der Waals surface area contributed by atoms with Crippen molar-refractivity contribution in [1.29, 1.82) is 0 Å². The molecule has 0 aliphatic carbocycles. The molecule has 4 aromatic rings. The number of aromatic nitrogens is 8. The third-order valence-electron chi connectivity index (χ3n) is 6.62. The average molecular weight is 581 g/mol. The summed E-state index contributed by atoms with van der Waals surface area (Å²) in [5.41, 5.74) is 4.96. The molecule has 40 heavy (non-hydrogen) atoms. The van der Waals surface area contributed by atoms with Gasteiger partial charge in [0.15, 0.2) is 28.6 Å². The summed E-state index contributed by atoms with van der Waals surface area (Å²) < 4.78 is 37.8. The maximum atomic E-state index is 12.9. The van der Waals surface area contributed by atoms with Crippen molar-refractivity contribution in [3.63, 3.8) is 0 Å². The number of nitrogens with two attached hydrogens (primary N) is 1. The zero-order chi connectivity index (χ0) is 28.2. The van der Waals surface area contributed by atoms with Crippen molar-refractivity contribution in [2.75, 3.05) is 18.9 Å². The Morgan fingerprint density at radius 3 is 2.62 bits per heavy atom. The van der Waals surface area contributed by atoms with Crippen molar-refractivity contribution < 1.29 is 38.2 Å². The standard InChI is InChI=1S/C20H24N9O10P/c21-20-26-16-14(18(33)27-20)25-7-29(16)19-10(1-8(3-30)37-19)39-40(34,35)36-4-11-9(31)2-12(38-11)28-6-24-13-15(28)22-5-23-17(13)32/h5-12,19,30-31H,1-4H2,(H,34,35)(H,22,23,32)(H3,21,26,27,33)/t8-,9-,10+,11+,12+,19+/m0/s1. The first-order chi connectivity index (χ1) is 19.1. The molecule has 19 nitrogen and oxygen atoms in total. The number of aliphatic hydroxyl groups excluding tert-OH is 2. The van der Waals surface area contributed by atoms with E-state index in [0.717, 1.165) is 0 Å². The molecular formula is C20H24N9O10P. The minimum Gasteiger partial charge on any atom is -0.394 e. The highest BCUT2D eigenvalue weighted by Gasteiger charge is 2.44. The maximum absolute atomic E-state index is 12.9. The smallest absolute Gasteiger partial charge is 0.394 e. The van der Waals surface area contributed by atoms with Crippen molar-refractivity contribution >= 4 is 36.1 Å². The van der Waals surface area contributed by atoms with Crippen molar-refractivity contribution in [2.45, 2.75) is 49.7 Å². The molecule has 214 valence electrons. The third kappa shape index (κ3) is 4.82. The number of ether oxygens (including phenoxy) is 2. The second kappa shape index (κ2) is 10.1. The molecule has 6 rings (SSSR count). The van der Waals surface area contributed by atoms with Crippen LogP contribution in [0, 0.1) is 0 Å². The molecule has 0 saturated carbocycles. The molecule has 4 aromatic heterocycles. The van der Waals surface area contributed by atoms with Crippen LogP contribution < -0.4 is 16.9 Å². The number of nitrogens with one attached hydrogen (secondary N) is 2. The maximum Gasteiger partial charge on any atom is 0.472 e. The summed E-state index contributed by atoms with van der Waals surface area (Å²) in [6, 6.07) is 0. The fraction of sp³-hybridized carbons (Fsp3) is 0.500. The topological polar surface area (TPSA) is 268 Å². The largest absolute Gasteiger partial charge is 0.472 e. The van der Waals surface area contributed by atoms with E-state index in [2.05, 4.69) is 29.9 Å². The van der Waals surface area contributed by atoms with Gasteiger partial charge in [0.25, 0.3) is 11.1 Å². The number of aromatic amines is 2. The number of imidazole rings is 2. The summed E-state index contributed by atoms with van der Waals surface area (Å²) in [7, 11) is -4.78. The molecule has 2 fully saturated rings. The molecular weight excluding hydrogens is 557 g/mol. The second-order valence-electron chi connectivity index (χ2n) is 9.24. The molecule has 1 unspecified atom stereocenters. The summed E-state index contributed by atoms with van der Waals surface area (Å²) in [5.74, 6) is -0.177. The minimum absolute atomic E-state index is 0.00210. The first kappa shape index (κ1) is 26.7. The number of phosphoric acid groups is 1. The van der Waals surface area contributed by atoms with Gasteiger partial charge in [-0.3, -0.25) is 32.8 Å². The molecule has 20 heteroatoms. The summed E-state index contributed by atoms with van der Waals surface area (Å²) in [5, 5.41) is 20.1. The summed E-state index contributed by atoms with van der Waals surface area (Å²) in [4.78, 5) is 55.5. The number of anilines is 1. The molecule has 7 N–H and O–H groups in total. The first-order valence-corrected chi connectivity index (χ1v) is 13.5. The lowest BCUT2D eigenvalue weighted by Gasteiger charge is -2.23. The highest BCUT2D eigenvalue weighted by atomic mass is 31.2. The van der Waals surface area contributed by atoms with E-state index in [4.69, 9.17) is 24.3 Å². The van der Waals surface area contributed by atoms with Crippen LogP contribution in [0.1, 0.15) is 25.3 Å². The third-order valence-corrected chi connectivity index (χ3v) is 7.64. The van der Waals surface area contributed by atoms with Crippen molar-refractivity contribution in [3.05, 3.63) is 39.7 Å². The molecule has 2 aliphatic heterocycles. The number of nitrogens with zero attached hydrogens (tertiary/aromatic N) is 6. The van der Waals surface area contributed by atoms with E-state index in [1.54, 1.807) is 0 Å². The summed E-state index contributed by atoms with van der Waals surface area (Å²) in [6.07, 6.45) is -2.00. The number of phosphoric ester groups is 1. The Labute approximate surface area is 222 Å². The van der Waals surface area contributed by atoms with E-state index < -0.39 is 69.0 Å². The van der Waals surface area contributed by atoms with Gasteiger partial charge in [-0.2, -0.15) is 4.98 Å². The molecule has 0 spiro atoms. The van der Waals surface area contributed by atoms with Gasteiger partial charge in [0, 0.05) is 12.8 Å². The number of hydrogen-bond donors (Lipinski definition) is 6. The predicted molar refractivity (Wildman–Crippen MR) is 132 cm³/mol. The fourth-order valence-corrected chi connectivity index (χ4v) is 5.71. The normalized spacial score (nSPS) is 28.5. The monoisotopic (exact) mass is 581 g/mol. The SMILES string of the molecule is Nc1nc2c(ncn2[C@@H]2O[C@H](CO)C[C@H]2OP(=O)(O)OC[C@H]2O[C@@H](n3cnc4c(=O)[nH]cnc43)C[C@@H]2O)c(=O)[nH]1. The molecule has 7 atom stereocenters. The van der Waals surface area contributed by atoms with E-state index in [1.165, 1.54) is 28.1 Å². The number of hydrogen-bond acceptors (Lipinski definition) is 14. The van der Waals surface area contributed by atoms with E-state index in [0.29, 0.717) is 0 Å². The summed E-state index contributed by atoms with van der Waals surface area (Å²) in [6.45, 7) is -0.932. The highest BCUT2D eigenvalue weighted by Crippen LogP contribution is 2.50. The van der Waals surface area contributed by atoms with Crippen LogP contribution in [0.5, 0.6) is 0 Å². The van der Waals surface area contributed by atoms with Crippen LogP contribution >= 0.6 is 7.82 Å². The highest BCUT2D eigenvalue weighted by molar-refractivity contribution is 7.47. The van der Waals surface area contributed by atoms with E-state index in [9.17, 15) is 29.3 Å². The van der Waals surface area contributed by atoms with Gasteiger partial charge in [-0.25, -0.2) is 19.5 Å². The van der Waals surface area contributed by atoms with Crippen LogP contribution in [0.15, 0.2) is 28.6 Å². The lowest BCUT2D eigenvalue weighted by molar-refractivity contribution is -0.0593. The number of H-pyrrole nitrogens is 2. The van der Waals surface area contributed by atoms with Crippen molar-refractivity contribution in [2.24, 2.45) is 0 Å². The molecule has 0 bridgehead atoms. The average Bonchev–Trinajstić information content (AvgIpc) is 3.68. The Morgan fingerprint density at radius 2 is 1.85 bits per heavy atom. The van der Waals surface area contributed by atoms with Gasteiger partial charge >= 0.3 is 7.82 Å². The van der Waals surface area contributed by atoms with E-state index in [-0.39, 0.29) is 41.1 Å². The Balaban J connectivity index is 1.15. The van der Waals surface area contributed by atoms with Gasteiger partial charge in [-0.05, 0) is 0 Å². The number of aliphatic hydroxyl groups is 2. The molecule has 2 aliphatic rings. The molecule has 6 heterocycles. The predicted octanol–water partition coefficient (Wildman–Crippen LogP) is -1.73. The van der Waals surface area contributed by atoms with Gasteiger partial charge in [0.1, 0.15) is 18.4 Å². The van der Waals surface area contributed by atoms with Crippen LogP contribution in [0.2, 0.25) is 0 Å². The van der Waals surface area contributed by atoms with Crippen molar-refractivity contribution in [1.82, 2.24) is 39.0 Å². The number of nitrogen functional groups attached to an aromatic ring is 1. The van der Waals surface area contributed by atoms with Gasteiger partial charge < -0.3 is 35.3 Å². The summed E-state index contributed by atoms with van der Waals surface area (Å²) >= 11 is 0. The quantitative estimate of drug-likeness (QED) is 0.126. The van der Waals surface area contributed by atoms with Crippen molar-refractivity contribution in [3.8, 4) is 0 Å². The van der Waals surface area contributed by atoms with Crippen LogP contribution in [0.3, 0.4) is 0 Å². The Kier molecular flexibility index (Phi) is 6.75. The molecule has 0 radical (unpaired) electrons. The van der Waals surface area contributed by atoms with E-state index >= 15 is 0 Å². The molecule has 0 aromatic carbocycles. The Morgan fingerprint density at radius 1 is 1.10 bits per heavy atom. The van der Waals surface area contributed by atoms with Gasteiger partial charge in [0.05, 0.1) is 44.4 Å². The van der Waals surface area contributed by atoms with Gasteiger partial charge in [-0.1, -0.05) is 0 Å². The molecule has 2 saturated heterocycles. The van der Waals surface area contributed by atoms with Gasteiger partial charge in [-0.15, -0.1) is 0 Å². The number of rotatable bonds is 8. The molecule has 0 amide bonds. The fourth-order valence-electron chi connectivity index (χ4n) is 4.78. The zero-order valence-electron chi connectivity index (χ0n) is 20.4. The van der Waals surface area contributed by atoms with Crippen LogP contribution in [0.25, 0.3) is 22.3 Å². The van der Waals surface area contributed by atoms with Crippen LogP contribution in [0.4, 0.5) is 5.95 Å². The number of fused-ring (bicyclic) bond motifs is 2. The Bertz CT molecular complexity index is 1720. The van der Waals surface area contributed by atoms with Crippen LogP contribution in [-0.2, 0) is 23.1 Å². The van der Waals surface area contributed by atoms with E-state index in [1.807, 2.05) is 0 Å². The minimum atomic E-state index is -4.78. The lowest BCUT2D eigenvalue weighted by Crippen LogP contribution is -2.27. The van der Waals surface area contributed by atoms with Gasteiger partial charge in [0.2, 0.25) is 5.95 Å². The zero-order valence-corrected chi connectivity index (χ0v) is 21.3. The first-order valence-electron chi connectivity index (χ1n) is 12.0. The lowest BCUT2D eigenvalue weighted by atomic mass is 10.2. The second-order valence-corrected chi connectivity index (χ2v) is 10.6. The Hall–Kier alpha value is -3.55.